The molecule has 7 heteroatoms. The molecule has 2 aliphatic heterocycles. The first kappa shape index (κ1) is 26.6. The van der Waals surface area contributed by atoms with Crippen molar-refractivity contribution in [2.45, 2.75) is 46.6 Å². The quantitative estimate of drug-likeness (QED) is 0.532. The van der Waals surface area contributed by atoms with E-state index in [9.17, 15) is 14.4 Å². The first-order valence-electron chi connectivity index (χ1n) is 13.2. The zero-order valence-corrected chi connectivity index (χ0v) is 22.3. The Kier molecular flexibility index (Phi) is 8.44. The van der Waals surface area contributed by atoms with Gasteiger partial charge in [0.05, 0.1) is 18.7 Å². The van der Waals surface area contributed by atoms with Gasteiger partial charge < -0.3 is 19.4 Å². The van der Waals surface area contributed by atoms with E-state index in [1.807, 2.05) is 67.3 Å². The van der Waals surface area contributed by atoms with Gasteiger partial charge in [0.1, 0.15) is 0 Å². The first-order valence-corrected chi connectivity index (χ1v) is 13.2. The molecule has 0 radical (unpaired) electrons. The Morgan fingerprint density at radius 3 is 2.16 bits per heavy atom. The maximum Gasteiger partial charge on any atom is 0.336 e. The molecule has 7 nitrogen and oxygen atoms in total. The number of piperazine rings is 1. The molecular formula is C30H37N3O4. The highest BCUT2D eigenvalue weighted by atomic mass is 16.5. The van der Waals surface area contributed by atoms with E-state index >= 15 is 0 Å². The molecule has 2 aliphatic rings. The third-order valence-electron chi connectivity index (χ3n) is 7.45. The molecule has 0 N–H and O–H groups in total. The van der Waals surface area contributed by atoms with Crippen molar-refractivity contribution < 1.29 is 19.1 Å². The van der Waals surface area contributed by atoms with Crippen LogP contribution >= 0.6 is 0 Å². The number of carbonyl (C=O) groups is 3. The van der Waals surface area contributed by atoms with E-state index in [0.29, 0.717) is 23.4 Å². The van der Waals surface area contributed by atoms with Crippen molar-refractivity contribution in [3.8, 4) is 0 Å². The van der Waals surface area contributed by atoms with E-state index in [4.69, 9.17) is 4.74 Å². The van der Waals surface area contributed by atoms with Gasteiger partial charge in [0.25, 0.3) is 5.91 Å². The van der Waals surface area contributed by atoms with E-state index < -0.39 is 0 Å². The summed E-state index contributed by atoms with van der Waals surface area (Å²) in [6.07, 6.45) is 0.203. The lowest BCUT2D eigenvalue weighted by Gasteiger charge is -2.35. The Morgan fingerprint density at radius 2 is 1.57 bits per heavy atom. The summed E-state index contributed by atoms with van der Waals surface area (Å²) in [5.41, 5.74) is 4.76. The largest absolute Gasteiger partial charge is 0.463 e. The summed E-state index contributed by atoms with van der Waals surface area (Å²) in [7, 11) is 0. The zero-order chi connectivity index (χ0) is 26.5. The minimum absolute atomic E-state index is 0.0370. The Labute approximate surface area is 219 Å². The van der Waals surface area contributed by atoms with Gasteiger partial charge in [0.15, 0.2) is 0 Å². The molecule has 1 saturated heterocycles. The average Bonchev–Trinajstić information content (AvgIpc) is 2.91. The number of rotatable bonds is 7. The maximum atomic E-state index is 13.3. The molecule has 2 aromatic carbocycles. The Morgan fingerprint density at radius 1 is 0.919 bits per heavy atom. The van der Waals surface area contributed by atoms with Crippen LogP contribution in [0.4, 0.5) is 0 Å². The van der Waals surface area contributed by atoms with Crippen LogP contribution in [-0.2, 0) is 20.9 Å². The number of aryl methyl sites for hydroxylation is 1. The van der Waals surface area contributed by atoms with E-state index in [-0.39, 0.29) is 36.7 Å². The van der Waals surface area contributed by atoms with Crippen LogP contribution in [-0.4, -0.2) is 71.8 Å². The highest BCUT2D eigenvalue weighted by molar-refractivity contribution is 5.96. The second kappa shape index (κ2) is 11.7. The highest BCUT2D eigenvalue weighted by Crippen LogP contribution is 2.37. The second-order valence-corrected chi connectivity index (χ2v) is 9.79. The van der Waals surface area contributed by atoms with Crippen molar-refractivity contribution in [2.75, 3.05) is 39.3 Å². The maximum absolute atomic E-state index is 13.3. The number of benzene rings is 2. The lowest BCUT2D eigenvalue weighted by Crippen LogP contribution is -2.48. The lowest BCUT2D eigenvalue weighted by atomic mass is 9.83. The standard InChI is InChI=1S/C30H37N3O4/c1-5-31-15-17-32(18-16-31)29(35)25-13-9-23(10-14-25)20-33-22(4)28(30(36)37-6-2)26(19-27(33)34)24-11-7-21(3)8-12-24/h7-14,26H,5-6,15-20H2,1-4H3. The smallest absolute Gasteiger partial charge is 0.336 e. The first-order chi connectivity index (χ1) is 17.8. The fourth-order valence-electron chi connectivity index (χ4n) is 5.15. The van der Waals surface area contributed by atoms with Crippen LogP contribution in [0.15, 0.2) is 59.8 Å². The van der Waals surface area contributed by atoms with Gasteiger partial charge in [0.2, 0.25) is 5.91 Å². The van der Waals surface area contributed by atoms with E-state index in [0.717, 1.165) is 49.4 Å². The zero-order valence-electron chi connectivity index (χ0n) is 22.3. The molecule has 0 aliphatic carbocycles. The van der Waals surface area contributed by atoms with E-state index in [1.165, 1.54) is 0 Å². The number of likely N-dealkylation sites (N-methyl/N-ethyl adjacent to an activating group) is 1. The minimum atomic E-state index is -0.382. The summed E-state index contributed by atoms with van der Waals surface area (Å²) >= 11 is 0. The van der Waals surface area contributed by atoms with Crippen LogP contribution in [0.5, 0.6) is 0 Å². The predicted octanol–water partition coefficient (Wildman–Crippen LogP) is 4.13. The van der Waals surface area contributed by atoms with Crippen LogP contribution in [0.1, 0.15) is 60.2 Å². The summed E-state index contributed by atoms with van der Waals surface area (Å²) in [6.45, 7) is 12.6. The van der Waals surface area contributed by atoms with Gasteiger partial charge >= 0.3 is 5.97 Å². The summed E-state index contributed by atoms with van der Waals surface area (Å²) in [5.74, 6) is -0.716. The molecule has 196 valence electrons. The Bertz CT molecular complexity index is 1160. The summed E-state index contributed by atoms with van der Waals surface area (Å²) in [6, 6.07) is 15.4. The van der Waals surface area contributed by atoms with Crippen LogP contribution in [0.3, 0.4) is 0 Å². The van der Waals surface area contributed by atoms with Gasteiger partial charge in [-0.25, -0.2) is 4.79 Å². The topological polar surface area (TPSA) is 70.2 Å². The second-order valence-electron chi connectivity index (χ2n) is 9.79. The van der Waals surface area contributed by atoms with E-state index in [2.05, 4.69) is 11.8 Å². The molecule has 0 spiro atoms. The van der Waals surface area contributed by atoms with Gasteiger partial charge in [-0.15, -0.1) is 0 Å². The SMILES string of the molecule is CCOC(=O)C1=C(C)N(Cc2ccc(C(=O)N3CCN(CC)CC3)cc2)C(=O)CC1c1ccc(C)cc1. The monoisotopic (exact) mass is 503 g/mol. The fourth-order valence-corrected chi connectivity index (χ4v) is 5.15. The summed E-state index contributed by atoms with van der Waals surface area (Å²) in [4.78, 5) is 45.2. The molecule has 37 heavy (non-hydrogen) atoms. The minimum Gasteiger partial charge on any atom is -0.463 e. The van der Waals surface area contributed by atoms with Crippen molar-refractivity contribution in [3.63, 3.8) is 0 Å². The Hall–Kier alpha value is -3.45. The summed E-state index contributed by atoms with van der Waals surface area (Å²) < 4.78 is 5.39. The third kappa shape index (κ3) is 5.93. The molecule has 0 bridgehead atoms. The molecular weight excluding hydrogens is 466 g/mol. The number of ether oxygens (including phenoxy) is 1. The number of esters is 1. The fraction of sp³-hybridized carbons (Fsp3) is 0.433. The number of amides is 2. The molecule has 4 rings (SSSR count). The van der Waals surface area contributed by atoms with Gasteiger partial charge in [0, 0.05) is 49.8 Å². The van der Waals surface area contributed by atoms with Gasteiger partial charge in [-0.3, -0.25) is 9.59 Å². The number of nitrogens with zero attached hydrogens (tertiary/aromatic N) is 3. The lowest BCUT2D eigenvalue weighted by molar-refractivity contribution is -0.140. The van der Waals surface area contributed by atoms with Crippen LogP contribution in [0.25, 0.3) is 0 Å². The molecule has 2 aromatic rings. The highest BCUT2D eigenvalue weighted by Gasteiger charge is 2.37. The van der Waals surface area contributed by atoms with Gasteiger partial charge in [-0.05, 0) is 50.6 Å². The molecule has 1 atom stereocenters. The van der Waals surface area contributed by atoms with Crippen molar-refractivity contribution in [1.29, 1.82) is 0 Å². The van der Waals surface area contributed by atoms with Crippen LogP contribution < -0.4 is 0 Å². The molecule has 2 amide bonds. The van der Waals surface area contributed by atoms with Gasteiger partial charge in [-0.1, -0.05) is 48.9 Å². The Balaban J connectivity index is 1.53. The van der Waals surface area contributed by atoms with Gasteiger partial charge in [-0.2, -0.15) is 0 Å². The third-order valence-corrected chi connectivity index (χ3v) is 7.45. The molecule has 2 heterocycles. The molecule has 1 unspecified atom stereocenters. The molecule has 1 fully saturated rings. The normalized spacial score (nSPS) is 18.8. The van der Waals surface area contributed by atoms with Crippen molar-refractivity contribution in [2.24, 2.45) is 0 Å². The molecule has 0 saturated carbocycles. The number of allylic oxidation sites excluding steroid dienone is 1. The summed E-state index contributed by atoms with van der Waals surface area (Å²) in [5, 5.41) is 0. The number of hydrogen-bond acceptors (Lipinski definition) is 5. The van der Waals surface area contributed by atoms with E-state index in [1.54, 1.807) is 11.8 Å². The van der Waals surface area contributed by atoms with Crippen LogP contribution in [0, 0.1) is 6.92 Å². The van der Waals surface area contributed by atoms with Crippen LogP contribution in [0.2, 0.25) is 0 Å². The number of carbonyl (C=O) groups excluding carboxylic acids is 3. The molecule has 0 aromatic heterocycles. The number of hydrogen-bond donors (Lipinski definition) is 0. The van der Waals surface area contributed by atoms with Crippen molar-refractivity contribution in [1.82, 2.24) is 14.7 Å². The predicted molar refractivity (Wildman–Crippen MR) is 143 cm³/mol. The average molecular weight is 504 g/mol. The van der Waals surface area contributed by atoms with Crippen molar-refractivity contribution in [3.05, 3.63) is 82.1 Å². The van der Waals surface area contributed by atoms with Crippen molar-refractivity contribution >= 4 is 17.8 Å².